The Hall–Kier alpha value is -3.37. The largest absolute Gasteiger partial charge is 0.373 e. The van der Waals surface area contributed by atoms with E-state index in [-0.39, 0.29) is 11.6 Å². The smallest absolute Gasteiger partial charge is 0.276 e. The SMILES string of the molecule is CNC(O)c1c(NC(=O)c2nc(C(C)C)ncc2Nc2cccnc2)cnn1C. The highest BCUT2D eigenvalue weighted by atomic mass is 16.3. The zero-order valence-corrected chi connectivity index (χ0v) is 16.7. The number of pyridine rings is 1. The quantitative estimate of drug-likeness (QED) is 0.446. The summed E-state index contributed by atoms with van der Waals surface area (Å²) in [4.78, 5) is 25.9. The molecular formula is C19H24N8O2. The van der Waals surface area contributed by atoms with Crippen molar-refractivity contribution in [1.29, 1.82) is 0 Å². The summed E-state index contributed by atoms with van der Waals surface area (Å²) < 4.78 is 1.49. The van der Waals surface area contributed by atoms with Crippen LogP contribution in [0.4, 0.5) is 17.1 Å². The Morgan fingerprint density at radius 3 is 2.66 bits per heavy atom. The monoisotopic (exact) mass is 396 g/mol. The topological polar surface area (TPSA) is 130 Å². The second-order valence-corrected chi connectivity index (χ2v) is 6.72. The fraction of sp³-hybridized carbons (Fsp3) is 0.316. The molecule has 0 radical (unpaired) electrons. The lowest BCUT2D eigenvalue weighted by Gasteiger charge is -2.15. The van der Waals surface area contributed by atoms with E-state index in [2.05, 4.69) is 36.0 Å². The van der Waals surface area contributed by atoms with Crippen LogP contribution in [0.2, 0.25) is 0 Å². The normalized spacial score (nSPS) is 12.1. The first-order valence-electron chi connectivity index (χ1n) is 9.13. The average molecular weight is 396 g/mol. The van der Waals surface area contributed by atoms with Crippen molar-refractivity contribution in [2.75, 3.05) is 17.7 Å². The number of carbonyl (C=O) groups is 1. The van der Waals surface area contributed by atoms with Gasteiger partial charge in [0.2, 0.25) is 0 Å². The van der Waals surface area contributed by atoms with Crippen molar-refractivity contribution < 1.29 is 9.90 Å². The Morgan fingerprint density at radius 1 is 1.21 bits per heavy atom. The molecule has 0 aliphatic rings. The van der Waals surface area contributed by atoms with Gasteiger partial charge in [0.1, 0.15) is 17.7 Å². The van der Waals surface area contributed by atoms with E-state index in [9.17, 15) is 9.90 Å². The van der Waals surface area contributed by atoms with Crippen molar-refractivity contribution in [3.63, 3.8) is 0 Å². The van der Waals surface area contributed by atoms with Gasteiger partial charge >= 0.3 is 0 Å². The molecule has 0 saturated carbocycles. The standard InChI is InChI=1S/C19H24N8O2/c1-11(2)17-22-9-13(24-12-6-5-7-21-8-12)15(26-17)18(28)25-14-10-23-27(4)16(14)19(29)20-3/h5-11,19-20,24,29H,1-4H3,(H,25,28). The number of nitrogens with zero attached hydrogens (tertiary/aromatic N) is 5. The lowest BCUT2D eigenvalue weighted by atomic mass is 10.2. The van der Waals surface area contributed by atoms with E-state index in [1.54, 1.807) is 38.8 Å². The van der Waals surface area contributed by atoms with Crippen molar-refractivity contribution in [1.82, 2.24) is 30.0 Å². The van der Waals surface area contributed by atoms with E-state index in [4.69, 9.17) is 0 Å². The summed E-state index contributed by atoms with van der Waals surface area (Å²) >= 11 is 0. The predicted molar refractivity (Wildman–Crippen MR) is 109 cm³/mol. The molecule has 1 unspecified atom stereocenters. The summed E-state index contributed by atoms with van der Waals surface area (Å²) in [5, 5.41) is 22.9. The van der Waals surface area contributed by atoms with Gasteiger partial charge in [-0.2, -0.15) is 5.10 Å². The fourth-order valence-corrected chi connectivity index (χ4v) is 2.72. The fourth-order valence-electron chi connectivity index (χ4n) is 2.72. The summed E-state index contributed by atoms with van der Waals surface area (Å²) in [5.74, 6) is 0.154. The van der Waals surface area contributed by atoms with Gasteiger partial charge < -0.3 is 15.7 Å². The van der Waals surface area contributed by atoms with Gasteiger partial charge in [-0.05, 0) is 19.2 Å². The molecule has 0 saturated heterocycles. The maximum atomic E-state index is 13.1. The van der Waals surface area contributed by atoms with E-state index in [0.717, 1.165) is 0 Å². The van der Waals surface area contributed by atoms with E-state index in [0.29, 0.717) is 28.6 Å². The van der Waals surface area contributed by atoms with Gasteiger partial charge in [-0.25, -0.2) is 9.97 Å². The van der Waals surface area contributed by atoms with Crippen molar-refractivity contribution in [3.8, 4) is 0 Å². The Balaban J connectivity index is 1.95. The van der Waals surface area contributed by atoms with Crippen molar-refractivity contribution in [2.45, 2.75) is 26.0 Å². The highest BCUT2D eigenvalue weighted by Crippen LogP contribution is 2.24. The summed E-state index contributed by atoms with van der Waals surface area (Å²) in [6.07, 6.45) is 5.38. The van der Waals surface area contributed by atoms with E-state index in [1.165, 1.54) is 10.9 Å². The van der Waals surface area contributed by atoms with Gasteiger partial charge in [0.25, 0.3) is 5.91 Å². The second kappa shape index (κ2) is 8.76. The van der Waals surface area contributed by atoms with Crippen LogP contribution in [0, 0.1) is 0 Å². The lowest BCUT2D eigenvalue weighted by Crippen LogP contribution is -2.22. The number of aliphatic hydroxyl groups excluding tert-OH is 1. The number of hydrogen-bond donors (Lipinski definition) is 4. The Labute approximate surface area is 168 Å². The molecule has 4 N–H and O–H groups in total. The first-order chi connectivity index (χ1) is 13.9. The molecule has 152 valence electrons. The third kappa shape index (κ3) is 4.55. The highest BCUT2D eigenvalue weighted by molar-refractivity contribution is 6.07. The summed E-state index contributed by atoms with van der Waals surface area (Å²) in [6, 6.07) is 3.61. The van der Waals surface area contributed by atoms with Crippen LogP contribution in [-0.4, -0.2) is 42.8 Å². The average Bonchev–Trinajstić information content (AvgIpc) is 3.08. The number of aromatic nitrogens is 5. The molecule has 3 rings (SSSR count). The minimum Gasteiger partial charge on any atom is -0.373 e. The first kappa shape index (κ1) is 20.4. The molecule has 1 amide bonds. The first-order valence-corrected chi connectivity index (χ1v) is 9.13. The van der Waals surface area contributed by atoms with Gasteiger partial charge in [0, 0.05) is 19.2 Å². The van der Waals surface area contributed by atoms with Crippen LogP contribution in [0.25, 0.3) is 0 Å². The predicted octanol–water partition coefficient (Wildman–Crippen LogP) is 1.93. The second-order valence-electron chi connectivity index (χ2n) is 6.72. The lowest BCUT2D eigenvalue weighted by molar-refractivity contribution is 0.102. The van der Waals surface area contributed by atoms with Crippen molar-refractivity contribution >= 4 is 23.0 Å². The molecule has 0 aromatic carbocycles. The van der Waals surface area contributed by atoms with Crippen LogP contribution in [0.3, 0.4) is 0 Å². The van der Waals surface area contributed by atoms with Crippen LogP contribution in [0.15, 0.2) is 36.9 Å². The summed E-state index contributed by atoms with van der Waals surface area (Å²) in [7, 11) is 3.29. The highest BCUT2D eigenvalue weighted by Gasteiger charge is 2.22. The van der Waals surface area contributed by atoms with Crippen LogP contribution in [0.5, 0.6) is 0 Å². The van der Waals surface area contributed by atoms with Crippen molar-refractivity contribution in [2.24, 2.45) is 7.05 Å². The molecule has 10 nitrogen and oxygen atoms in total. The zero-order valence-electron chi connectivity index (χ0n) is 16.7. The molecule has 0 bridgehead atoms. The summed E-state index contributed by atoms with van der Waals surface area (Å²) in [5.41, 5.74) is 2.15. The van der Waals surface area contributed by atoms with Crippen molar-refractivity contribution in [3.05, 3.63) is 54.1 Å². The van der Waals surface area contributed by atoms with Gasteiger partial charge in [-0.15, -0.1) is 0 Å². The molecule has 3 aromatic rings. The molecule has 0 spiro atoms. The van der Waals surface area contributed by atoms with Gasteiger partial charge in [0.15, 0.2) is 5.69 Å². The van der Waals surface area contributed by atoms with Gasteiger partial charge in [-0.1, -0.05) is 13.8 Å². The molecule has 3 aromatic heterocycles. The number of anilines is 3. The summed E-state index contributed by atoms with van der Waals surface area (Å²) in [6.45, 7) is 3.90. The molecular weight excluding hydrogens is 372 g/mol. The Bertz CT molecular complexity index is 987. The number of carbonyl (C=O) groups excluding carboxylic acids is 1. The Kier molecular flexibility index (Phi) is 6.15. The van der Waals surface area contributed by atoms with E-state index < -0.39 is 12.1 Å². The molecule has 0 aliphatic heterocycles. The number of amides is 1. The third-order valence-electron chi connectivity index (χ3n) is 4.24. The van der Waals surface area contributed by atoms with Crippen LogP contribution in [-0.2, 0) is 7.05 Å². The molecule has 1 atom stereocenters. The van der Waals surface area contributed by atoms with Crippen LogP contribution in [0.1, 0.15) is 48.0 Å². The number of aryl methyl sites for hydroxylation is 1. The van der Waals surface area contributed by atoms with Crippen LogP contribution >= 0.6 is 0 Å². The molecule has 0 fully saturated rings. The van der Waals surface area contributed by atoms with E-state index >= 15 is 0 Å². The molecule has 0 aliphatic carbocycles. The minimum absolute atomic E-state index is 0.0501. The zero-order chi connectivity index (χ0) is 21.0. The van der Waals surface area contributed by atoms with Gasteiger partial charge in [-0.3, -0.25) is 19.8 Å². The number of hydrogen-bond acceptors (Lipinski definition) is 8. The Morgan fingerprint density at radius 2 is 2.00 bits per heavy atom. The maximum Gasteiger partial charge on any atom is 0.276 e. The minimum atomic E-state index is -0.984. The molecule has 3 heterocycles. The molecule has 10 heteroatoms. The number of nitrogens with one attached hydrogen (secondary N) is 3. The maximum absolute atomic E-state index is 13.1. The van der Waals surface area contributed by atoms with Crippen LogP contribution < -0.4 is 16.0 Å². The number of aliphatic hydroxyl groups is 1. The van der Waals surface area contributed by atoms with Gasteiger partial charge in [0.05, 0.1) is 35.7 Å². The van der Waals surface area contributed by atoms with E-state index in [1.807, 2.05) is 19.9 Å². The molecule has 29 heavy (non-hydrogen) atoms. The third-order valence-corrected chi connectivity index (χ3v) is 4.24. The number of rotatable bonds is 7.